The molecule has 0 spiro atoms. The first-order valence-corrected chi connectivity index (χ1v) is 11.8. The summed E-state index contributed by atoms with van der Waals surface area (Å²) in [6.07, 6.45) is 2.17. The van der Waals surface area contributed by atoms with Gasteiger partial charge in [0.15, 0.2) is 0 Å². The average Bonchev–Trinajstić information content (AvgIpc) is 3.05. The van der Waals surface area contributed by atoms with Crippen LogP contribution in [0, 0.1) is 11.3 Å². The summed E-state index contributed by atoms with van der Waals surface area (Å²) in [7, 11) is 0. The van der Waals surface area contributed by atoms with Gasteiger partial charge in [-0.05, 0) is 54.7 Å². The Morgan fingerprint density at radius 2 is 1.78 bits per heavy atom. The summed E-state index contributed by atoms with van der Waals surface area (Å²) in [4.78, 5) is 18.3. The van der Waals surface area contributed by atoms with Crippen molar-refractivity contribution in [3.8, 4) is 6.07 Å². The maximum Gasteiger partial charge on any atom is 0.233 e. The fraction of sp³-hybridized carbons (Fsp3) is 0.440. The number of ether oxygens (including phenoxy) is 1. The van der Waals surface area contributed by atoms with Gasteiger partial charge >= 0.3 is 0 Å². The van der Waals surface area contributed by atoms with E-state index in [1.54, 1.807) is 6.07 Å². The Morgan fingerprint density at radius 1 is 1.03 bits per heavy atom. The van der Waals surface area contributed by atoms with E-state index >= 15 is 0 Å². The molecule has 7 heteroatoms. The summed E-state index contributed by atoms with van der Waals surface area (Å²) in [6, 6.07) is 15.3. The smallest absolute Gasteiger partial charge is 0.233 e. The molecule has 2 heterocycles. The van der Waals surface area contributed by atoms with E-state index in [2.05, 4.69) is 11.0 Å². The normalized spacial score (nSPS) is 19.2. The van der Waals surface area contributed by atoms with E-state index in [0.29, 0.717) is 48.2 Å². The molecule has 2 fully saturated rings. The summed E-state index contributed by atoms with van der Waals surface area (Å²) in [5, 5.41) is 10.1. The third-order valence-electron chi connectivity index (χ3n) is 6.57. The Kier molecular flexibility index (Phi) is 7.37. The van der Waals surface area contributed by atoms with Crippen molar-refractivity contribution in [3.63, 3.8) is 0 Å². The van der Waals surface area contributed by atoms with E-state index in [0.717, 1.165) is 38.2 Å². The van der Waals surface area contributed by atoms with E-state index in [1.165, 1.54) is 5.56 Å². The third kappa shape index (κ3) is 4.94. The zero-order valence-corrected chi connectivity index (χ0v) is 19.5. The maximum atomic E-state index is 13.9. The number of nitrogens with zero attached hydrogens (tertiary/aromatic N) is 3. The molecule has 2 aromatic carbocycles. The van der Waals surface area contributed by atoms with E-state index in [1.807, 2.05) is 41.3 Å². The van der Waals surface area contributed by atoms with Crippen molar-refractivity contribution < 1.29 is 9.53 Å². The minimum Gasteiger partial charge on any atom is -0.381 e. The van der Waals surface area contributed by atoms with Gasteiger partial charge in [0.1, 0.15) is 0 Å². The summed E-state index contributed by atoms with van der Waals surface area (Å²) in [5.41, 5.74) is 2.04. The van der Waals surface area contributed by atoms with Crippen molar-refractivity contribution in [1.82, 2.24) is 9.80 Å². The van der Waals surface area contributed by atoms with Crippen LogP contribution in [0.25, 0.3) is 0 Å². The fourth-order valence-corrected chi connectivity index (χ4v) is 5.36. The molecule has 0 bridgehead atoms. The molecule has 2 aromatic rings. The Hall–Kier alpha value is -2.10. The van der Waals surface area contributed by atoms with E-state index in [9.17, 15) is 4.79 Å². The summed E-state index contributed by atoms with van der Waals surface area (Å²) < 4.78 is 5.60. The van der Waals surface area contributed by atoms with Gasteiger partial charge in [0.2, 0.25) is 5.91 Å². The van der Waals surface area contributed by atoms with Crippen molar-refractivity contribution in [2.75, 3.05) is 39.4 Å². The quantitative estimate of drug-likeness (QED) is 0.650. The first-order chi connectivity index (χ1) is 15.5. The molecule has 0 saturated carbocycles. The topological polar surface area (TPSA) is 56.6 Å². The molecule has 0 aromatic heterocycles. The lowest BCUT2D eigenvalue weighted by Gasteiger charge is -2.40. The van der Waals surface area contributed by atoms with Gasteiger partial charge in [0, 0.05) is 56.0 Å². The maximum absolute atomic E-state index is 13.9. The Balaban J connectivity index is 1.49. The molecule has 0 atom stereocenters. The van der Waals surface area contributed by atoms with Crippen LogP contribution in [-0.4, -0.2) is 55.1 Å². The zero-order chi connectivity index (χ0) is 22.6. The molecule has 0 radical (unpaired) electrons. The van der Waals surface area contributed by atoms with Crippen molar-refractivity contribution in [3.05, 3.63) is 69.2 Å². The number of halogens is 2. The number of rotatable bonds is 4. The largest absolute Gasteiger partial charge is 0.381 e. The highest BCUT2D eigenvalue weighted by Gasteiger charge is 2.45. The lowest BCUT2D eigenvalue weighted by Crippen LogP contribution is -2.51. The number of amides is 1. The number of carbonyl (C=O) groups excluding carboxylic acids is 1. The second-order valence-electron chi connectivity index (χ2n) is 8.55. The Bertz CT molecular complexity index is 997. The molecule has 0 N–H and O–H groups in total. The molecule has 5 nitrogen and oxygen atoms in total. The number of benzene rings is 2. The van der Waals surface area contributed by atoms with Gasteiger partial charge in [-0.15, -0.1) is 0 Å². The van der Waals surface area contributed by atoms with Gasteiger partial charge in [0.05, 0.1) is 17.0 Å². The van der Waals surface area contributed by atoms with Crippen LogP contribution in [0.1, 0.15) is 36.0 Å². The van der Waals surface area contributed by atoms with Crippen LogP contribution in [-0.2, 0) is 21.5 Å². The zero-order valence-electron chi connectivity index (χ0n) is 18.0. The van der Waals surface area contributed by atoms with Gasteiger partial charge in [-0.1, -0.05) is 41.4 Å². The molecule has 1 amide bonds. The molecule has 168 valence electrons. The number of nitriles is 1. The van der Waals surface area contributed by atoms with E-state index in [-0.39, 0.29) is 5.91 Å². The van der Waals surface area contributed by atoms with Gasteiger partial charge in [-0.2, -0.15) is 5.26 Å². The van der Waals surface area contributed by atoms with Gasteiger partial charge < -0.3 is 9.64 Å². The van der Waals surface area contributed by atoms with Crippen LogP contribution in [0.4, 0.5) is 0 Å². The minimum absolute atomic E-state index is 0.144. The molecule has 32 heavy (non-hydrogen) atoms. The lowest BCUT2D eigenvalue weighted by atomic mass is 9.73. The Labute approximate surface area is 199 Å². The molecule has 0 aliphatic carbocycles. The van der Waals surface area contributed by atoms with Crippen LogP contribution in [0.15, 0.2) is 42.5 Å². The first kappa shape index (κ1) is 23.1. The number of hydrogen-bond acceptors (Lipinski definition) is 4. The van der Waals surface area contributed by atoms with Crippen LogP contribution < -0.4 is 0 Å². The molecule has 4 rings (SSSR count). The van der Waals surface area contributed by atoms with E-state index in [4.69, 9.17) is 33.2 Å². The van der Waals surface area contributed by atoms with Gasteiger partial charge in [-0.3, -0.25) is 9.69 Å². The van der Waals surface area contributed by atoms with Crippen molar-refractivity contribution in [1.29, 1.82) is 5.26 Å². The second-order valence-corrected chi connectivity index (χ2v) is 9.39. The minimum atomic E-state index is -0.664. The molecule has 0 unspecified atom stereocenters. The van der Waals surface area contributed by atoms with Crippen molar-refractivity contribution in [2.24, 2.45) is 0 Å². The molecule has 2 aliphatic rings. The predicted octanol–water partition coefficient (Wildman–Crippen LogP) is 4.65. The molecular formula is C25H27Cl2N3O2. The SMILES string of the molecule is N#Cc1ccc(CN2CCCN(C(=O)C3(c4ccc(Cl)cc4Cl)CCOCC3)CC2)cc1. The highest BCUT2D eigenvalue weighted by molar-refractivity contribution is 6.35. The second kappa shape index (κ2) is 10.2. The summed E-state index contributed by atoms with van der Waals surface area (Å²) >= 11 is 12.7. The number of hydrogen-bond donors (Lipinski definition) is 0. The lowest BCUT2D eigenvalue weighted by molar-refractivity contribution is -0.141. The van der Waals surface area contributed by atoms with E-state index < -0.39 is 5.41 Å². The predicted molar refractivity (Wildman–Crippen MR) is 126 cm³/mol. The Morgan fingerprint density at radius 3 is 2.47 bits per heavy atom. The number of carbonyl (C=O) groups is 1. The molecule has 2 saturated heterocycles. The average molecular weight is 472 g/mol. The van der Waals surface area contributed by atoms with Crippen LogP contribution in [0.5, 0.6) is 0 Å². The fourth-order valence-electron chi connectivity index (χ4n) is 4.77. The monoisotopic (exact) mass is 471 g/mol. The summed E-state index contributed by atoms with van der Waals surface area (Å²) in [6.45, 7) is 5.07. The highest BCUT2D eigenvalue weighted by Crippen LogP contribution is 2.41. The van der Waals surface area contributed by atoms with Gasteiger partial charge in [-0.25, -0.2) is 0 Å². The van der Waals surface area contributed by atoms with Crippen molar-refractivity contribution >= 4 is 29.1 Å². The van der Waals surface area contributed by atoms with Crippen LogP contribution >= 0.6 is 23.2 Å². The van der Waals surface area contributed by atoms with Gasteiger partial charge in [0.25, 0.3) is 0 Å². The highest BCUT2D eigenvalue weighted by atomic mass is 35.5. The molecular weight excluding hydrogens is 445 g/mol. The van der Waals surface area contributed by atoms with Crippen LogP contribution in [0.3, 0.4) is 0 Å². The first-order valence-electron chi connectivity index (χ1n) is 11.1. The molecule has 2 aliphatic heterocycles. The summed E-state index contributed by atoms with van der Waals surface area (Å²) in [5.74, 6) is 0.144. The standard InChI is InChI=1S/C25H27Cl2N3O2/c26-21-6-7-22(23(27)16-21)25(8-14-32-15-9-25)24(31)30-11-1-10-29(12-13-30)18-20-4-2-19(17-28)3-5-20/h2-7,16H,1,8-15,18H2. The third-order valence-corrected chi connectivity index (χ3v) is 7.12. The van der Waals surface area contributed by atoms with Crippen molar-refractivity contribution in [2.45, 2.75) is 31.2 Å². The van der Waals surface area contributed by atoms with Crippen LogP contribution in [0.2, 0.25) is 10.0 Å².